The normalized spacial score (nSPS) is 19.9. The number of hydrogen-bond donors (Lipinski definition) is 2. The van der Waals surface area contributed by atoms with Gasteiger partial charge in [-0.05, 0) is 25.8 Å². The number of rotatable bonds is 5. The minimum Gasteiger partial charge on any atom is -0.351 e. The highest BCUT2D eigenvalue weighted by Crippen LogP contribution is 2.35. The van der Waals surface area contributed by atoms with E-state index in [1.165, 1.54) is 6.42 Å². The predicted molar refractivity (Wildman–Crippen MR) is 74.4 cm³/mol. The van der Waals surface area contributed by atoms with E-state index in [2.05, 4.69) is 10.4 Å². The minimum absolute atomic E-state index is 0.0674. The van der Waals surface area contributed by atoms with Gasteiger partial charge in [-0.25, -0.2) is 0 Å². The summed E-state index contributed by atoms with van der Waals surface area (Å²) >= 11 is 0. The second-order valence-corrected chi connectivity index (χ2v) is 5.65. The number of aromatic nitrogens is 2. The summed E-state index contributed by atoms with van der Waals surface area (Å²) in [5.41, 5.74) is 5.54. The molecule has 2 rings (SSSR count). The zero-order chi connectivity index (χ0) is 13.7. The fourth-order valence-electron chi connectivity index (χ4n) is 2.86. The SMILES string of the molecule is CC(Cn1cccn1)NC(=O)C1(CN)CCCCC1. The maximum atomic E-state index is 12.5. The highest BCUT2D eigenvalue weighted by atomic mass is 16.2. The molecule has 0 radical (unpaired) electrons. The third kappa shape index (κ3) is 3.35. The van der Waals surface area contributed by atoms with Gasteiger partial charge < -0.3 is 11.1 Å². The van der Waals surface area contributed by atoms with E-state index in [4.69, 9.17) is 5.73 Å². The molecule has 1 heterocycles. The molecule has 0 aromatic carbocycles. The van der Waals surface area contributed by atoms with Crippen LogP contribution in [0.4, 0.5) is 0 Å². The molecule has 106 valence electrons. The molecule has 3 N–H and O–H groups in total. The molecule has 1 aromatic rings. The van der Waals surface area contributed by atoms with Crippen LogP contribution in [-0.4, -0.2) is 28.3 Å². The van der Waals surface area contributed by atoms with Crippen LogP contribution < -0.4 is 11.1 Å². The number of amides is 1. The van der Waals surface area contributed by atoms with Crippen LogP contribution in [0.5, 0.6) is 0 Å². The van der Waals surface area contributed by atoms with Crippen LogP contribution >= 0.6 is 0 Å². The highest BCUT2D eigenvalue weighted by Gasteiger charge is 2.38. The first-order chi connectivity index (χ1) is 9.16. The summed E-state index contributed by atoms with van der Waals surface area (Å²) in [6.07, 6.45) is 8.93. The van der Waals surface area contributed by atoms with E-state index < -0.39 is 0 Å². The summed E-state index contributed by atoms with van der Waals surface area (Å²) in [6.45, 7) is 3.15. The maximum absolute atomic E-state index is 12.5. The average Bonchev–Trinajstić information content (AvgIpc) is 2.92. The minimum atomic E-state index is -0.337. The summed E-state index contributed by atoms with van der Waals surface area (Å²) in [5, 5.41) is 7.25. The Kier molecular flexibility index (Phi) is 4.58. The smallest absolute Gasteiger partial charge is 0.227 e. The van der Waals surface area contributed by atoms with Crippen LogP contribution in [0, 0.1) is 5.41 Å². The van der Waals surface area contributed by atoms with E-state index in [0.29, 0.717) is 13.1 Å². The number of nitrogens with two attached hydrogens (primary N) is 1. The van der Waals surface area contributed by atoms with Gasteiger partial charge in [-0.3, -0.25) is 9.48 Å². The van der Waals surface area contributed by atoms with Crippen molar-refractivity contribution in [2.45, 2.75) is 51.6 Å². The number of nitrogens with one attached hydrogen (secondary N) is 1. The van der Waals surface area contributed by atoms with E-state index in [1.54, 1.807) is 6.20 Å². The standard InChI is InChI=1S/C14H24N4O/c1-12(10-18-9-5-8-16-18)17-13(19)14(11-15)6-3-2-4-7-14/h5,8-9,12H,2-4,6-7,10-11,15H2,1H3,(H,17,19). The van der Waals surface area contributed by atoms with Crippen molar-refractivity contribution in [1.29, 1.82) is 0 Å². The average molecular weight is 264 g/mol. The van der Waals surface area contributed by atoms with Crippen LogP contribution in [-0.2, 0) is 11.3 Å². The molecule has 0 bridgehead atoms. The summed E-state index contributed by atoms with van der Waals surface area (Å²) in [7, 11) is 0. The van der Waals surface area contributed by atoms with Gasteiger partial charge in [0.2, 0.25) is 5.91 Å². The lowest BCUT2D eigenvalue weighted by Gasteiger charge is -2.35. The first kappa shape index (κ1) is 14.1. The molecular formula is C14H24N4O. The molecule has 1 unspecified atom stereocenters. The van der Waals surface area contributed by atoms with Crippen molar-refractivity contribution in [1.82, 2.24) is 15.1 Å². The number of hydrogen-bond acceptors (Lipinski definition) is 3. The molecule has 1 aliphatic rings. The summed E-state index contributed by atoms with van der Waals surface area (Å²) in [4.78, 5) is 12.5. The predicted octanol–water partition coefficient (Wildman–Crippen LogP) is 1.30. The van der Waals surface area contributed by atoms with Gasteiger partial charge in [-0.1, -0.05) is 19.3 Å². The summed E-state index contributed by atoms with van der Waals surface area (Å²) < 4.78 is 1.83. The van der Waals surface area contributed by atoms with Gasteiger partial charge in [0.25, 0.3) is 0 Å². The monoisotopic (exact) mass is 264 g/mol. The molecule has 1 fully saturated rings. The van der Waals surface area contributed by atoms with E-state index in [1.807, 2.05) is 23.9 Å². The second kappa shape index (κ2) is 6.19. The van der Waals surface area contributed by atoms with Gasteiger partial charge in [0.15, 0.2) is 0 Å². The topological polar surface area (TPSA) is 72.9 Å². The van der Waals surface area contributed by atoms with Crippen LogP contribution in [0.1, 0.15) is 39.0 Å². The number of carbonyl (C=O) groups excluding carboxylic acids is 1. The van der Waals surface area contributed by atoms with Crippen molar-refractivity contribution in [3.05, 3.63) is 18.5 Å². The molecular weight excluding hydrogens is 240 g/mol. The molecule has 5 heteroatoms. The van der Waals surface area contributed by atoms with E-state index in [9.17, 15) is 4.79 Å². The van der Waals surface area contributed by atoms with Crippen molar-refractivity contribution in [3.63, 3.8) is 0 Å². The van der Waals surface area contributed by atoms with E-state index >= 15 is 0 Å². The lowest BCUT2D eigenvalue weighted by Crippen LogP contribution is -2.50. The molecule has 1 aliphatic carbocycles. The van der Waals surface area contributed by atoms with Crippen molar-refractivity contribution >= 4 is 5.91 Å². The van der Waals surface area contributed by atoms with Crippen LogP contribution in [0.2, 0.25) is 0 Å². The zero-order valence-electron chi connectivity index (χ0n) is 11.6. The third-order valence-electron chi connectivity index (χ3n) is 4.08. The Bertz CT molecular complexity index is 396. The molecule has 5 nitrogen and oxygen atoms in total. The van der Waals surface area contributed by atoms with Gasteiger partial charge in [0.1, 0.15) is 0 Å². The molecule has 0 aliphatic heterocycles. The first-order valence-corrected chi connectivity index (χ1v) is 7.15. The summed E-state index contributed by atoms with van der Waals surface area (Å²) in [6, 6.07) is 1.95. The molecule has 1 atom stereocenters. The lowest BCUT2D eigenvalue weighted by molar-refractivity contribution is -0.133. The molecule has 0 spiro atoms. The van der Waals surface area contributed by atoms with E-state index in [0.717, 1.165) is 25.7 Å². The Hall–Kier alpha value is -1.36. The number of carbonyl (C=O) groups is 1. The molecule has 19 heavy (non-hydrogen) atoms. The van der Waals surface area contributed by atoms with Crippen LogP contribution in [0.25, 0.3) is 0 Å². The van der Waals surface area contributed by atoms with Gasteiger partial charge in [-0.2, -0.15) is 5.10 Å². The molecule has 1 aromatic heterocycles. The van der Waals surface area contributed by atoms with Gasteiger partial charge in [-0.15, -0.1) is 0 Å². The quantitative estimate of drug-likeness (QED) is 0.842. The van der Waals surface area contributed by atoms with Gasteiger partial charge in [0, 0.05) is 25.0 Å². The Balaban J connectivity index is 1.91. The van der Waals surface area contributed by atoms with Crippen molar-refractivity contribution in [3.8, 4) is 0 Å². The highest BCUT2D eigenvalue weighted by molar-refractivity contribution is 5.83. The Morgan fingerprint density at radius 3 is 2.79 bits per heavy atom. The first-order valence-electron chi connectivity index (χ1n) is 7.15. The van der Waals surface area contributed by atoms with Crippen molar-refractivity contribution in [2.24, 2.45) is 11.1 Å². The fourth-order valence-corrected chi connectivity index (χ4v) is 2.86. The molecule has 0 saturated heterocycles. The third-order valence-corrected chi connectivity index (χ3v) is 4.08. The molecule has 1 saturated carbocycles. The Labute approximate surface area is 114 Å². The number of nitrogens with zero attached hydrogens (tertiary/aromatic N) is 2. The second-order valence-electron chi connectivity index (χ2n) is 5.65. The Morgan fingerprint density at radius 2 is 2.21 bits per heavy atom. The van der Waals surface area contributed by atoms with Gasteiger partial charge >= 0.3 is 0 Å². The van der Waals surface area contributed by atoms with Crippen molar-refractivity contribution in [2.75, 3.05) is 6.54 Å². The van der Waals surface area contributed by atoms with Crippen LogP contribution in [0.15, 0.2) is 18.5 Å². The zero-order valence-corrected chi connectivity index (χ0v) is 11.6. The van der Waals surface area contributed by atoms with E-state index in [-0.39, 0.29) is 17.4 Å². The Morgan fingerprint density at radius 1 is 1.47 bits per heavy atom. The largest absolute Gasteiger partial charge is 0.351 e. The van der Waals surface area contributed by atoms with Gasteiger partial charge in [0.05, 0.1) is 12.0 Å². The summed E-state index contributed by atoms with van der Waals surface area (Å²) in [5.74, 6) is 0.120. The van der Waals surface area contributed by atoms with Crippen LogP contribution in [0.3, 0.4) is 0 Å². The van der Waals surface area contributed by atoms with Crippen molar-refractivity contribution < 1.29 is 4.79 Å². The fraction of sp³-hybridized carbons (Fsp3) is 0.714. The molecule has 1 amide bonds. The lowest BCUT2D eigenvalue weighted by atomic mass is 9.73. The maximum Gasteiger partial charge on any atom is 0.227 e.